The zero-order valence-corrected chi connectivity index (χ0v) is 12.7. The molecule has 3 nitrogen and oxygen atoms in total. The molecule has 0 aliphatic rings. The highest BCUT2D eigenvalue weighted by Crippen LogP contribution is 2.19. The molecule has 2 atom stereocenters. The molecule has 1 aromatic carbocycles. The monoisotopic (exact) mass is 279 g/mol. The van der Waals surface area contributed by atoms with Gasteiger partial charge in [-0.1, -0.05) is 12.1 Å². The summed E-state index contributed by atoms with van der Waals surface area (Å²) < 4.78 is 20.3. The third-order valence-electron chi connectivity index (χ3n) is 2.93. The highest BCUT2D eigenvalue weighted by Gasteiger charge is 2.27. The number of benzene rings is 1. The van der Waals surface area contributed by atoms with Gasteiger partial charge in [-0.2, -0.15) is 0 Å². The van der Waals surface area contributed by atoms with Crippen molar-refractivity contribution in [3.05, 3.63) is 36.1 Å². The molecular formula is C15H21NO2S. The van der Waals surface area contributed by atoms with Gasteiger partial charge in [0, 0.05) is 16.7 Å². The molecule has 104 valence electrons. The van der Waals surface area contributed by atoms with Crippen molar-refractivity contribution in [3.8, 4) is 0 Å². The van der Waals surface area contributed by atoms with E-state index in [9.17, 15) is 4.55 Å². The summed E-state index contributed by atoms with van der Waals surface area (Å²) in [4.78, 5) is 0. The van der Waals surface area contributed by atoms with E-state index in [2.05, 4.69) is 23.8 Å². The molecule has 1 heterocycles. The number of fused-ring (bicyclic) bond motifs is 1. The van der Waals surface area contributed by atoms with Gasteiger partial charge < -0.3 is 8.97 Å². The van der Waals surface area contributed by atoms with Crippen LogP contribution in [0.5, 0.6) is 0 Å². The van der Waals surface area contributed by atoms with Gasteiger partial charge in [0.2, 0.25) is 0 Å². The van der Waals surface area contributed by atoms with Gasteiger partial charge in [-0.05, 0) is 51.8 Å². The van der Waals surface area contributed by atoms with Crippen molar-refractivity contribution < 1.29 is 8.97 Å². The minimum Gasteiger partial charge on any atom is -0.598 e. The lowest BCUT2D eigenvalue weighted by atomic mass is 10.1. The summed E-state index contributed by atoms with van der Waals surface area (Å²) in [6.45, 7) is 7.96. The zero-order valence-electron chi connectivity index (χ0n) is 11.9. The molecule has 4 heteroatoms. The molecule has 2 rings (SSSR count). The maximum Gasteiger partial charge on any atom is 0.136 e. The van der Waals surface area contributed by atoms with E-state index in [1.807, 2.05) is 32.9 Å². The zero-order chi connectivity index (χ0) is 14.0. The number of nitrogens with one attached hydrogen (secondary N) is 1. The van der Waals surface area contributed by atoms with E-state index in [4.69, 9.17) is 4.42 Å². The molecule has 0 amide bonds. The maximum absolute atomic E-state index is 12.0. The second-order valence-corrected chi connectivity index (χ2v) is 7.89. The summed E-state index contributed by atoms with van der Waals surface area (Å²) in [6, 6.07) is 8.31. The van der Waals surface area contributed by atoms with Crippen molar-refractivity contribution in [2.75, 3.05) is 0 Å². The van der Waals surface area contributed by atoms with Gasteiger partial charge in [0.25, 0.3) is 0 Å². The Kier molecular flexibility index (Phi) is 4.23. The first kappa shape index (κ1) is 14.4. The van der Waals surface area contributed by atoms with Gasteiger partial charge in [-0.15, -0.1) is 4.72 Å². The quantitative estimate of drug-likeness (QED) is 0.872. The minimum absolute atomic E-state index is 0.160. The first-order chi connectivity index (χ1) is 8.86. The van der Waals surface area contributed by atoms with Gasteiger partial charge in [-0.25, -0.2) is 0 Å². The van der Waals surface area contributed by atoms with Crippen LogP contribution in [-0.4, -0.2) is 15.3 Å². The van der Waals surface area contributed by atoms with E-state index < -0.39 is 11.4 Å². The van der Waals surface area contributed by atoms with Crippen molar-refractivity contribution in [2.24, 2.45) is 0 Å². The van der Waals surface area contributed by atoms with Crippen LogP contribution in [0.2, 0.25) is 0 Å². The SMILES string of the molecule is CC(Cc1ccc2ccoc2c1)N[S+]([O-])C(C)(C)C. The predicted molar refractivity (Wildman–Crippen MR) is 80.4 cm³/mol. The fourth-order valence-corrected chi connectivity index (χ4v) is 2.68. The molecule has 0 saturated heterocycles. The average Bonchev–Trinajstić information content (AvgIpc) is 2.74. The Morgan fingerprint density at radius 3 is 2.74 bits per heavy atom. The Morgan fingerprint density at radius 2 is 2.05 bits per heavy atom. The smallest absolute Gasteiger partial charge is 0.136 e. The van der Waals surface area contributed by atoms with E-state index in [1.54, 1.807) is 6.26 Å². The van der Waals surface area contributed by atoms with Crippen LogP contribution < -0.4 is 4.72 Å². The van der Waals surface area contributed by atoms with Crippen LogP contribution in [-0.2, 0) is 17.8 Å². The van der Waals surface area contributed by atoms with Crippen molar-refractivity contribution in [3.63, 3.8) is 0 Å². The van der Waals surface area contributed by atoms with Crippen LogP contribution in [0.25, 0.3) is 11.0 Å². The average molecular weight is 279 g/mol. The number of furan rings is 1. The molecule has 0 aliphatic heterocycles. The molecule has 2 aromatic rings. The summed E-state index contributed by atoms with van der Waals surface area (Å²) in [5.74, 6) is 0. The molecule has 1 aromatic heterocycles. The Labute approximate surface area is 117 Å². The second-order valence-electron chi connectivity index (χ2n) is 5.90. The predicted octanol–water partition coefficient (Wildman–Crippen LogP) is 3.42. The molecule has 0 radical (unpaired) electrons. The molecule has 0 bridgehead atoms. The van der Waals surface area contributed by atoms with Gasteiger partial charge in [0.15, 0.2) is 0 Å². The van der Waals surface area contributed by atoms with E-state index in [1.165, 1.54) is 5.56 Å². The third-order valence-corrected chi connectivity index (χ3v) is 4.66. The largest absolute Gasteiger partial charge is 0.598 e. The summed E-state index contributed by atoms with van der Waals surface area (Å²) in [5.41, 5.74) is 2.09. The highest BCUT2D eigenvalue weighted by molar-refractivity contribution is 7.90. The summed E-state index contributed by atoms with van der Waals surface area (Å²) in [5, 5.41) is 1.11. The fraction of sp³-hybridized carbons (Fsp3) is 0.467. The molecule has 1 N–H and O–H groups in total. The Hall–Kier alpha value is -0.970. The minimum atomic E-state index is -1.03. The standard InChI is InChI=1S/C15H21NO2S/c1-11(16-19(17)15(2,3)4)9-12-5-6-13-7-8-18-14(13)10-12/h5-8,10-11,16H,9H2,1-4H3. The summed E-state index contributed by atoms with van der Waals surface area (Å²) >= 11 is -1.03. The van der Waals surface area contributed by atoms with Crippen LogP contribution >= 0.6 is 0 Å². The van der Waals surface area contributed by atoms with E-state index in [-0.39, 0.29) is 10.8 Å². The van der Waals surface area contributed by atoms with Gasteiger partial charge in [0.1, 0.15) is 10.3 Å². The first-order valence-corrected chi connectivity index (χ1v) is 7.65. The molecule has 19 heavy (non-hydrogen) atoms. The first-order valence-electron chi connectivity index (χ1n) is 6.50. The maximum atomic E-state index is 12.0. The van der Waals surface area contributed by atoms with Crippen molar-refractivity contribution in [1.82, 2.24) is 4.72 Å². The van der Waals surface area contributed by atoms with E-state index in [0.717, 1.165) is 17.4 Å². The van der Waals surface area contributed by atoms with Crippen molar-refractivity contribution in [2.45, 2.75) is 44.9 Å². The lowest BCUT2D eigenvalue weighted by Gasteiger charge is -2.26. The number of hydrogen-bond donors (Lipinski definition) is 1. The topological polar surface area (TPSA) is 48.2 Å². The van der Waals surface area contributed by atoms with Crippen LogP contribution in [0.15, 0.2) is 34.9 Å². The molecular weight excluding hydrogens is 258 g/mol. The third kappa shape index (κ3) is 3.75. The van der Waals surface area contributed by atoms with Gasteiger partial charge in [-0.3, -0.25) is 0 Å². The lowest BCUT2D eigenvalue weighted by molar-refractivity contribution is 0.526. The molecule has 0 spiro atoms. The van der Waals surface area contributed by atoms with Crippen molar-refractivity contribution >= 4 is 22.3 Å². The molecule has 0 saturated carbocycles. The Balaban J connectivity index is 2.00. The Bertz CT molecular complexity index is 544. The van der Waals surface area contributed by atoms with E-state index >= 15 is 0 Å². The van der Waals surface area contributed by atoms with Crippen LogP contribution in [0.1, 0.15) is 33.3 Å². The van der Waals surface area contributed by atoms with Gasteiger partial charge >= 0.3 is 0 Å². The molecule has 0 fully saturated rings. The molecule has 0 aliphatic carbocycles. The molecule has 2 unspecified atom stereocenters. The van der Waals surface area contributed by atoms with Gasteiger partial charge in [0.05, 0.1) is 12.3 Å². The highest BCUT2D eigenvalue weighted by atomic mass is 32.2. The lowest BCUT2D eigenvalue weighted by Crippen LogP contribution is -2.44. The number of rotatable bonds is 4. The van der Waals surface area contributed by atoms with Crippen LogP contribution in [0.3, 0.4) is 0 Å². The fourth-order valence-electron chi connectivity index (χ4n) is 1.88. The normalized spacial score (nSPS) is 15.6. The number of hydrogen-bond acceptors (Lipinski definition) is 3. The van der Waals surface area contributed by atoms with Crippen LogP contribution in [0.4, 0.5) is 0 Å². The van der Waals surface area contributed by atoms with Crippen molar-refractivity contribution in [1.29, 1.82) is 0 Å². The second kappa shape index (κ2) is 5.57. The van der Waals surface area contributed by atoms with E-state index in [0.29, 0.717) is 0 Å². The van der Waals surface area contributed by atoms with Crippen LogP contribution in [0, 0.1) is 0 Å². The summed E-state index contributed by atoms with van der Waals surface area (Å²) in [6.07, 6.45) is 2.53. The Morgan fingerprint density at radius 1 is 1.32 bits per heavy atom. The summed E-state index contributed by atoms with van der Waals surface area (Å²) in [7, 11) is 0.